The molecule has 0 unspecified atom stereocenters. The van der Waals surface area contributed by atoms with Crippen LogP contribution in [0.5, 0.6) is 0 Å². The van der Waals surface area contributed by atoms with Crippen molar-refractivity contribution >= 4 is 17.9 Å². The molecule has 0 spiro atoms. The second kappa shape index (κ2) is 12.2. The maximum atomic E-state index is 13.0. The van der Waals surface area contributed by atoms with Gasteiger partial charge in [0.05, 0.1) is 18.2 Å². The molecule has 8 heteroatoms. The lowest BCUT2D eigenvalue weighted by Crippen LogP contribution is -2.64. The van der Waals surface area contributed by atoms with Crippen molar-refractivity contribution in [1.82, 2.24) is 15.1 Å². The summed E-state index contributed by atoms with van der Waals surface area (Å²) in [6.45, 7) is 11.7. The van der Waals surface area contributed by atoms with Gasteiger partial charge in [-0.1, -0.05) is 44.2 Å². The zero-order chi connectivity index (χ0) is 25.5. The predicted octanol–water partition coefficient (Wildman–Crippen LogP) is 2.98. The van der Waals surface area contributed by atoms with Gasteiger partial charge in [0.15, 0.2) is 0 Å². The molecule has 1 saturated heterocycles. The number of hydrogen-bond acceptors (Lipinski definition) is 5. The highest BCUT2D eigenvalue weighted by atomic mass is 16.6. The van der Waals surface area contributed by atoms with Crippen LogP contribution in [0.15, 0.2) is 30.3 Å². The summed E-state index contributed by atoms with van der Waals surface area (Å²) in [7, 11) is 0. The lowest BCUT2D eigenvalue weighted by Gasteiger charge is -2.45. The molecule has 0 bridgehead atoms. The van der Waals surface area contributed by atoms with Crippen LogP contribution in [0.3, 0.4) is 0 Å². The van der Waals surface area contributed by atoms with Crippen LogP contribution in [-0.2, 0) is 20.7 Å². The molecule has 1 aliphatic heterocycles. The van der Waals surface area contributed by atoms with E-state index in [4.69, 9.17) is 4.74 Å². The number of piperazine rings is 1. The van der Waals surface area contributed by atoms with E-state index in [0.29, 0.717) is 25.3 Å². The summed E-state index contributed by atoms with van der Waals surface area (Å²) in [5.74, 6) is 0.141. The smallest absolute Gasteiger partial charge is 0.410 e. The highest BCUT2D eigenvalue weighted by Crippen LogP contribution is 2.22. The number of aliphatic hydroxyl groups is 1. The number of nitrogens with one attached hydrogen (secondary N) is 1. The highest BCUT2D eigenvalue weighted by Gasteiger charge is 2.41. The standard InChI is InChI=1S/C26H41N3O5/c1-18(2)12-13-23(31)28-14-15-29(25(33)34-26(4,5)6)22(17-28)24(32)21(27-19(3)30)16-20-10-8-7-9-11-20/h7-11,18,21-22,24,32H,12-17H2,1-6H3,(H,27,30)/t21-,22-,24+/m1/s1. The van der Waals surface area contributed by atoms with E-state index in [2.05, 4.69) is 19.2 Å². The first-order chi connectivity index (χ1) is 15.9. The average molecular weight is 476 g/mol. The van der Waals surface area contributed by atoms with E-state index in [1.165, 1.54) is 11.8 Å². The van der Waals surface area contributed by atoms with Crippen molar-refractivity contribution in [1.29, 1.82) is 0 Å². The summed E-state index contributed by atoms with van der Waals surface area (Å²) in [5.41, 5.74) is 0.252. The largest absolute Gasteiger partial charge is 0.444 e. The number of rotatable bonds is 8. The van der Waals surface area contributed by atoms with E-state index in [0.717, 1.165) is 12.0 Å². The predicted molar refractivity (Wildman–Crippen MR) is 131 cm³/mol. The molecule has 1 heterocycles. The van der Waals surface area contributed by atoms with E-state index in [9.17, 15) is 19.5 Å². The zero-order valence-electron chi connectivity index (χ0n) is 21.4. The van der Waals surface area contributed by atoms with Crippen LogP contribution in [0.1, 0.15) is 59.9 Å². The Labute approximate surface area is 203 Å². The summed E-state index contributed by atoms with van der Waals surface area (Å²) >= 11 is 0. The fraction of sp³-hybridized carbons (Fsp3) is 0.654. The van der Waals surface area contributed by atoms with Crippen molar-refractivity contribution in [3.05, 3.63) is 35.9 Å². The Morgan fingerprint density at radius 1 is 1.15 bits per heavy atom. The topological polar surface area (TPSA) is 99.2 Å². The third-order valence-corrected chi connectivity index (χ3v) is 5.83. The molecule has 34 heavy (non-hydrogen) atoms. The van der Waals surface area contributed by atoms with Crippen molar-refractivity contribution in [3.63, 3.8) is 0 Å². The maximum Gasteiger partial charge on any atom is 0.410 e. The Balaban J connectivity index is 2.29. The van der Waals surface area contributed by atoms with Gasteiger partial charge in [0.1, 0.15) is 5.60 Å². The minimum atomic E-state index is -1.10. The maximum absolute atomic E-state index is 13.0. The Morgan fingerprint density at radius 3 is 2.35 bits per heavy atom. The lowest BCUT2D eigenvalue weighted by molar-refractivity contribution is -0.136. The van der Waals surface area contributed by atoms with Crippen molar-refractivity contribution in [3.8, 4) is 0 Å². The molecule has 3 amide bonds. The SMILES string of the molecule is CC(=O)N[C@H](Cc1ccccc1)[C@H](O)[C@H]1CN(C(=O)CCC(C)C)CCN1C(=O)OC(C)(C)C. The molecule has 1 aromatic carbocycles. The fourth-order valence-electron chi connectivity index (χ4n) is 4.10. The van der Waals surface area contributed by atoms with E-state index in [1.807, 2.05) is 30.3 Å². The van der Waals surface area contributed by atoms with Crippen LogP contribution >= 0.6 is 0 Å². The first-order valence-corrected chi connectivity index (χ1v) is 12.1. The summed E-state index contributed by atoms with van der Waals surface area (Å²) < 4.78 is 5.60. The van der Waals surface area contributed by atoms with E-state index >= 15 is 0 Å². The molecule has 1 aliphatic rings. The number of amides is 3. The van der Waals surface area contributed by atoms with Gasteiger partial charge in [-0.3, -0.25) is 14.5 Å². The van der Waals surface area contributed by atoms with Gasteiger partial charge in [-0.25, -0.2) is 4.79 Å². The van der Waals surface area contributed by atoms with Gasteiger partial charge in [0, 0.05) is 33.0 Å². The number of hydrogen-bond donors (Lipinski definition) is 2. The summed E-state index contributed by atoms with van der Waals surface area (Å²) in [5, 5.41) is 14.3. The molecule has 2 N–H and O–H groups in total. The second-order valence-corrected chi connectivity index (χ2v) is 10.5. The fourth-order valence-corrected chi connectivity index (χ4v) is 4.10. The van der Waals surface area contributed by atoms with Gasteiger partial charge in [0.2, 0.25) is 11.8 Å². The van der Waals surface area contributed by atoms with Crippen LogP contribution in [0.25, 0.3) is 0 Å². The molecule has 3 atom stereocenters. The number of aliphatic hydroxyl groups excluding tert-OH is 1. The van der Waals surface area contributed by atoms with Crippen LogP contribution in [-0.4, -0.2) is 76.2 Å². The van der Waals surface area contributed by atoms with Gasteiger partial charge in [-0.2, -0.15) is 0 Å². The summed E-state index contributed by atoms with van der Waals surface area (Å²) in [4.78, 5) is 41.1. The van der Waals surface area contributed by atoms with Crippen LogP contribution in [0, 0.1) is 5.92 Å². The Morgan fingerprint density at radius 2 is 1.79 bits per heavy atom. The monoisotopic (exact) mass is 475 g/mol. The molecular formula is C26H41N3O5. The van der Waals surface area contributed by atoms with Gasteiger partial charge in [-0.05, 0) is 45.1 Å². The van der Waals surface area contributed by atoms with E-state index in [1.54, 1.807) is 25.7 Å². The Kier molecular flexibility index (Phi) is 9.91. The van der Waals surface area contributed by atoms with Gasteiger partial charge in [0.25, 0.3) is 0 Å². The first kappa shape index (κ1) is 27.6. The molecule has 0 radical (unpaired) electrons. The second-order valence-electron chi connectivity index (χ2n) is 10.5. The lowest BCUT2D eigenvalue weighted by atomic mass is 9.93. The van der Waals surface area contributed by atoms with Crippen molar-refractivity contribution in [2.45, 2.75) is 84.6 Å². The molecule has 1 fully saturated rings. The molecule has 1 aromatic rings. The third-order valence-electron chi connectivity index (χ3n) is 5.83. The van der Waals surface area contributed by atoms with Crippen molar-refractivity contribution in [2.75, 3.05) is 19.6 Å². The summed E-state index contributed by atoms with van der Waals surface area (Å²) in [6, 6.07) is 8.20. The number of benzene rings is 1. The Bertz CT molecular complexity index is 821. The molecule has 190 valence electrons. The molecule has 0 saturated carbocycles. The summed E-state index contributed by atoms with van der Waals surface area (Å²) in [6.07, 6.45) is -0.0431. The Hall–Kier alpha value is -2.61. The minimum Gasteiger partial charge on any atom is -0.444 e. The van der Waals surface area contributed by atoms with Crippen LogP contribution in [0.2, 0.25) is 0 Å². The average Bonchev–Trinajstić information content (AvgIpc) is 2.75. The number of ether oxygens (including phenoxy) is 1. The van der Waals surface area contributed by atoms with Crippen LogP contribution < -0.4 is 5.32 Å². The molecule has 2 rings (SSSR count). The number of carbonyl (C=O) groups excluding carboxylic acids is 3. The quantitative estimate of drug-likeness (QED) is 0.602. The van der Waals surface area contributed by atoms with Gasteiger partial charge >= 0.3 is 6.09 Å². The normalized spacial score (nSPS) is 18.4. The molecular weight excluding hydrogens is 434 g/mol. The first-order valence-electron chi connectivity index (χ1n) is 12.1. The van der Waals surface area contributed by atoms with E-state index in [-0.39, 0.29) is 24.9 Å². The van der Waals surface area contributed by atoms with Crippen molar-refractivity contribution < 1.29 is 24.2 Å². The number of nitrogens with zero attached hydrogens (tertiary/aromatic N) is 2. The van der Waals surface area contributed by atoms with Crippen molar-refractivity contribution in [2.24, 2.45) is 5.92 Å². The highest BCUT2D eigenvalue weighted by molar-refractivity contribution is 5.77. The molecule has 8 nitrogen and oxygen atoms in total. The minimum absolute atomic E-state index is 0.00822. The zero-order valence-corrected chi connectivity index (χ0v) is 21.4. The third kappa shape index (κ3) is 8.63. The van der Waals surface area contributed by atoms with Gasteiger partial charge in [-0.15, -0.1) is 0 Å². The molecule has 0 aromatic heterocycles. The van der Waals surface area contributed by atoms with E-state index < -0.39 is 29.9 Å². The molecule has 0 aliphatic carbocycles. The van der Waals surface area contributed by atoms with Crippen LogP contribution in [0.4, 0.5) is 4.79 Å². The van der Waals surface area contributed by atoms with Gasteiger partial charge < -0.3 is 20.1 Å². The number of carbonyl (C=O) groups is 3.